The SMILES string of the molecule is CCCn1c(C)cc(/C=C(\C#N)C(=O)OCc2cccc(OC)c2)c1C. The zero-order chi connectivity index (χ0) is 19.1. The number of hydrogen-bond donors (Lipinski definition) is 0. The van der Waals surface area contributed by atoms with E-state index in [1.165, 1.54) is 0 Å². The first kappa shape index (κ1) is 19.3. The Morgan fingerprint density at radius 1 is 1.31 bits per heavy atom. The Morgan fingerprint density at radius 3 is 2.73 bits per heavy atom. The number of methoxy groups -OCH3 is 1. The van der Waals surface area contributed by atoms with Gasteiger partial charge in [0.2, 0.25) is 0 Å². The van der Waals surface area contributed by atoms with Gasteiger partial charge in [-0.05, 0) is 55.7 Å². The van der Waals surface area contributed by atoms with Crippen LogP contribution in [-0.4, -0.2) is 17.6 Å². The lowest BCUT2D eigenvalue weighted by Crippen LogP contribution is -2.07. The lowest BCUT2D eigenvalue weighted by atomic mass is 10.1. The second kappa shape index (κ2) is 8.91. The van der Waals surface area contributed by atoms with Gasteiger partial charge in [0.1, 0.15) is 24.0 Å². The monoisotopic (exact) mass is 352 g/mol. The van der Waals surface area contributed by atoms with Crippen LogP contribution in [0, 0.1) is 25.2 Å². The molecule has 5 heteroatoms. The van der Waals surface area contributed by atoms with Gasteiger partial charge in [0, 0.05) is 17.9 Å². The number of carbonyl (C=O) groups excluding carboxylic acids is 1. The van der Waals surface area contributed by atoms with Crippen molar-refractivity contribution in [1.82, 2.24) is 4.57 Å². The zero-order valence-corrected chi connectivity index (χ0v) is 15.7. The van der Waals surface area contributed by atoms with Crippen LogP contribution in [0.2, 0.25) is 0 Å². The molecule has 0 aliphatic rings. The molecule has 0 aliphatic heterocycles. The summed E-state index contributed by atoms with van der Waals surface area (Å²) in [7, 11) is 1.58. The van der Waals surface area contributed by atoms with E-state index in [0.717, 1.165) is 35.5 Å². The average Bonchev–Trinajstić information content (AvgIpc) is 2.92. The van der Waals surface area contributed by atoms with Gasteiger partial charge >= 0.3 is 5.97 Å². The number of ether oxygens (including phenoxy) is 2. The van der Waals surface area contributed by atoms with Gasteiger partial charge in [-0.3, -0.25) is 0 Å². The number of hydrogen-bond acceptors (Lipinski definition) is 4. The summed E-state index contributed by atoms with van der Waals surface area (Å²) in [5.74, 6) is 0.0635. The van der Waals surface area contributed by atoms with Crippen LogP contribution in [0.3, 0.4) is 0 Å². The van der Waals surface area contributed by atoms with E-state index in [4.69, 9.17) is 9.47 Å². The van der Waals surface area contributed by atoms with Crippen LogP contribution in [0.15, 0.2) is 35.9 Å². The van der Waals surface area contributed by atoms with Crippen molar-refractivity contribution in [1.29, 1.82) is 5.26 Å². The molecular weight excluding hydrogens is 328 g/mol. The van der Waals surface area contributed by atoms with E-state index < -0.39 is 5.97 Å². The number of nitrogens with zero attached hydrogens (tertiary/aromatic N) is 2. The minimum absolute atomic E-state index is 0.00959. The molecule has 0 aliphatic carbocycles. The Bertz CT molecular complexity index is 857. The molecule has 0 spiro atoms. The molecule has 0 bridgehead atoms. The Labute approximate surface area is 154 Å². The molecule has 5 nitrogen and oxygen atoms in total. The Hall–Kier alpha value is -3.00. The van der Waals surface area contributed by atoms with Crippen molar-refractivity contribution in [3.05, 3.63) is 58.4 Å². The van der Waals surface area contributed by atoms with Crippen molar-refractivity contribution in [2.75, 3.05) is 7.11 Å². The second-order valence-corrected chi connectivity index (χ2v) is 6.08. The van der Waals surface area contributed by atoms with Crippen LogP contribution in [0.25, 0.3) is 6.08 Å². The summed E-state index contributed by atoms with van der Waals surface area (Å²) in [6, 6.07) is 11.2. The summed E-state index contributed by atoms with van der Waals surface area (Å²) < 4.78 is 12.6. The summed E-state index contributed by atoms with van der Waals surface area (Å²) >= 11 is 0. The fourth-order valence-electron chi connectivity index (χ4n) is 2.82. The Balaban J connectivity index is 2.14. The summed E-state index contributed by atoms with van der Waals surface area (Å²) in [6.45, 7) is 7.13. The number of aryl methyl sites for hydroxylation is 1. The molecule has 2 rings (SSSR count). The molecule has 0 amide bonds. The molecule has 0 atom stereocenters. The smallest absolute Gasteiger partial charge is 0.349 e. The fourth-order valence-corrected chi connectivity index (χ4v) is 2.82. The molecule has 0 unspecified atom stereocenters. The Morgan fingerprint density at radius 2 is 2.08 bits per heavy atom. The normalized spacial score (nSPS) is 11.1. The molecule has 26 heavy (non-hydrogen) atoms. The van der Waals surface area contributed by atoms with Gasteiger partial charge in [0.05, 0.1) is 7.11 Å². The second-order valence-electron chi connectivity index (χ2n) is 6.08. The third-order valence-corrected chi connectivity index (χ3v) is 4.20. The van der Waals surface area contributed by atoms with Gasteiger partial charge in [-0.1, -0.05) is 19.1 Å². The van der Waals surface area contributed by atoms with Crippen molar-refractivity contribution in [2.45, 2.75) is 40.3 Å². The van der Waals surface area contributed by atoms with E-state index in [1.807, 2.05) is 44.2 Å². The molecule has 0 saturated heterocycles. The first-order chi connectivity index (χ1) is 12.5. The summed E-state index contributed by atoms with van der Waals surface area (Å²) in [6.07, 6.45) is 2.62. The van der Waals surface area contributed by atoms with Crippen molar-refractivity contribution >= 4 is 12.0 Å². The van der Waals surface area contributed by atoms with Crippen LogP contribution < -0.4 is 4.74 Å². The topological polar surface area (TPSA) is 64.2 Å². The Kier molecular flexibility index (Phi) is 6.62. The summed E-state index contributed by atoms with van der Waals surface area (Å²) in [5.41, 5.74) is 3.81. The molecular formula is C21H24N2O3. The first-order valence-electron chi connectivity index (χ1n) is 8.58. The van der Waals surface area contributed by atoms with E-state index in [2.05, 4.69) is 11.5 Å². The van der Waals surface area contributed by atoms with Gasteiger partial charge < -0.3 is 14.0 Å². The highest BCUT2D eigenvalue weighted by atomic mass is 16.5. The summed E-state index contributed by atoms with van der Waals surface area (Å²) in [5, 5.41) is 9.36. The number of esters is 1. The standard InChI is InChI=1S/C21H24N2O3/c1-5-9-23-15(2)10-18(16(23)3)12-19(13-22)21(24)26-14-17-7-6-8-20(11-17)25-4/h6-8,10-12H,5,9,14H2,1-4H3/b19-12+. The lowest BCUT2D eigenvalue weighted by Gasteiger charge is -2.07. The van der Waals surface area contributed by atoms with Crippen LogP contribution >= 0.6 is 0 Å². The molecule has 0 saturated carbocycles. The number of aromatic nitrogens is 1. The molecule has 2 aromatic rings. The minimum Gasteiger partial charge on any atom is -0.497 e. The highest BCUT2D eigenvalue weighted by molar-refractivity contribution is 5.98. The van der Waals surface area contributed by atoms with Gasteiger partial charge in [0.15, 0.2) is 0 Å². The number of rotatable bonds is 7. The van der Waals surface area contributed by atoms with Crippen LogP contribution in [0.1, 0.15) is 35.9 Å². The van der Waals surface area contributed by atoms with Crippen molar-refractivity contribution in [3.63, 3.8) is 0 Å². The fraction of sp³-hybridized carbons (Fsp3) is 0.333. The highest BCUT2D eigenvalue weighted by Gasteiger charge is 2.14. The summed E-state index contributed by atoms with van der Waals surface area (Å²) in [4.78, 5) is 12.3. The third-order valence-electron chi connectivity index (χ3n) is 4.20. The molecule has 1 heterocycles. The van der Waals surface area contributed by atoms with Gasteiger partial charge in [-0.15, -0.1) is 0 Å². The van der Waals surface area contributed by atoms with Crippen molar-refractivity contribution in [2.24, 2.45) is 0 Å². The molecule has 1 aromatic carbocycles. The maximum atomic E-state index is 12.3. The zero-order valence-electron chi connectivity index (χ0n) is 15.7. The quantitative estimate of drug-likeness (QED) is 0.426. The van der Waals surface area contributed by atoms with Gasteiger partial charge in [0.25, 0.3) is 0 Å². The van der Waals surface area contributed by atoms with Crippen molar-refractivity contribution < 1.29 is 14.3 Å². The maximum absolute atomic E-state index is 12.3. The lowest BCUT2D eigenvalue weighted by molar-refractivity contribution is -0.139. The molecule has 136 valence electrons. The molecule has 0 radical (unpaired) electrons. The van der Waals surface area contributed by atoms with E-state index >= 15 is 0 Å². The van der Waals surface area contributed by atoms with Crippen LogP contribution in [0.4, 0.5) is 0 Å². The number of benzene rings is 1. The van der Waals surface area contributed by atoms with Gasteiger partial charge in [-0.25, -0.2) is 4.79 Å². The largest absolute Gasteiger partial charge is 0.497 e. The van der Waals surface area contributed by atoms with Crippen LogP contribution in [0.5, 0.6) is 5.75 Å². The van der Waals surface area contributed by atoms with E-state index in [0.29, 0.717) is 5.75 Å². The third kappa shape index (κ3) is 4.54. The molecule has 1 aromatic heterocycles. The average molecular weight is 352 g/mol. The molecule has 0 fully saturated rings. The minimum atomic E-state index is -0.629. The van der Waals surface area contributed by atoms with E-state index in [1.54, 1.807) is 19.3 Å². The number of nitriles is 1. The van der Waals surface area contributed by atoms with Gasteiger partial charge in [-0.2, -0.15) is 5.26 Å². The van der Waals surface area contributed by atoms with E-state index in [-0.39, 0.29) is 12.2 Å². The van der Waals surface area contributed by atoms with Crippen LogP contribution in [-0.2, 0) is 22.7 Å². The predicted molar refractivity (Wildman–Crippen MR) is 101 cm³/mol. The first-order valence-corrected chi connectivity index (χ1v) is 8.58. The molecule has 0 N–H and O–H groups in total. The van der Waals surface area contributed by atoms with E-state index in [9.17, 15) is 10.1 Å². The predicted octanol–water partition coefficient (Wildman–Crippen LogP) is 4.17. The maximum Gasteiger partial charge on any atom is 0.349 e. The highest BCUT2D eigenvalue weighted by Crippen LogP contribution is 2.19. The number of carbonyl (C=O) groups is 1. The van der Waals surface area contributed by atoms with Crippen molar-refractivity contribution in [3.8, 4) is 11.8 Å².